The molecule has 0 saturated carbocycles. The van der Waals surface area contributed by atoms with Gasteiger partial charge in [-0.15, -0.1) is 11.3 Å². The SMILES string of the molecule is Cc1nn(-c2ccccc2)c(C)c1NC(=O)/C=C/c1nc2ccccc2s1. The first-order valence-corrected chi connectivity index (χ1v) is 9.40. The van der Waals surface area contributed by atoms with Crippen molar-refractivity contribution in [3.05, 3.63) is 77.1 Å². The molecule has 4 rings (SSSR count). The van der Waals surface area contributed by atoms with E-state index < -0.39 is 0 Å². The maximum atomic E-state index is 12.4. The molecule has 4 aromatic rings. The van der Waals surface area contributed by atoms with Crippen LogP contribution in [0.1, 0.15) is 16.4 Å². The zero-order valence-electron chi connectivity index (χ0n) is 15.0. The Morgan fingerprint density at radius 3 is 2.59 bits per heavy atom. The lowest BCUT2D eigenvalue weighted by Crippen LogP contribution is -2.09. The Morgan fingerprint density at radius 1 is 1.07 bits per heavy atom. The summed E-state index contributed by atoms with van der Waals surface area (Å²) in [5, 5.41) is 8.29. The molecule has 2 aromatic heterocycles. The van der Waals surface area contributed by atoms with Gasteiger partial charge in [0.15, 0.2) is 0 Å². The summed E-state index contributed by atoms with van der Waals surface area (Å²) in [5.74, 6) is -0.201. The number of fused-ring (bicyclic) bond motifs is 1. The Balaban J connectivity index is 1.53. The Morgan fingerprint density at radius 2 is 1.81 bits per heavy atom. The summed E-state index contributed by atoms with van der Waals surface area (Å²) in [7, 11) is 0. The minimum absolute atomic E-state index is 0.201. The molecule has 2 aromatic carbocycles. The average Bonchev–Trinajstić information content (AvgIpc) is 3.23. The number of aromatic nitrogens is 3. The van der Waals surface area contributed by atoms with Crippen LogP contribution in [0.2, 0.25) is 0 Å². The van der Waals surface area contributed by atoms with Crippen LogP contribution in [0.5, 0.6) is 0 Å². The minimum atomic E-state index is -0.201. The molecule has 1 N–H and O–H groups in total. The summed E-state index contributed by atoms with van der Waals surface area (Å²) in [6, 6.07) is 17.8. The molecule has 0 radical (unpaired) electrons. The number of para-hydroxylation sites is 2. The Kier molecular flexibility index (Phi) is 4.56. The van der Waals surface area contributed by atoms with Crippen molar-refractivity contribution >= 4 is 39.2 Å². The van der Waals surface area contributed by atoms with Crippen molar-refractivity contribution in [1.29, 1.82) is 0 Å². The number of carbonyl (C=O) groups excluding carboxylic acids is 1. The smallest absolute Gasteiger partial charge is 0.248 e. The number of aryl methyl sites for hydroxylation is 1. The van der Waals surface area contributed by atoms with Crippen molar-refractivity contribution in [3.63, 3.8) is 0 Å². The topological polar surface area (TPSA) is 59.8 Å². The Bertz CT molecular complexity index is 1110. The largest absolute Gasteiger partial charge is 0.319 e. The number of rotatable bonds is 4. The molecule has 134 valence electrons. The van der Waals surface area contributed by atoms with Crippen LogP contribution in [0.4, 0.5) is 5.69 Å². The summed E-state index contributed by atoms with van der Waals surface area (Å²) in [4.78, 5) is 16.9. The fraction of sp³-hybridized carbons (Fsp3) is 0.0952. The average molecular weight is 374 g/mol. The lowest BCUT2D eigenvalue weighted by molar-refractivity contribution is -0.111. The number of hydrogen-bond acceptors (Lipinski definition) is 4. The first-order valence-electron chi connectivity index (χ1n) is 8.58. The minimum Gasteiger partial charge on any atom is -0.319 e. The molecule has 0 aliphatic heterocycles. The highest BCUT2D eigenvalue weighted by Crippen LogP contribution is 2.24. The third kappa shape index (κ3) is 3.52. The number of amides is 1. The molecular weight excluding hydrogens is 356 g/mol. The van der Waals surface area contributed by atoms with E-state index in [1.165, 1.54) is 6.08 Å². The van der Waals surface area contributed by atoms with Crippen molar-refractivity contribution in [2.24, 2.45) is 0 Å². The standard InChI is InChI=1S/C21H18N4OS/c1-14-21(15(2)25(24-14)16-8-4-3-5-9-16)23-19(26)12-13-20-22-17-10-6-7-11-18(17)27-20/h3-13H,1-2H3,(H,23,26)/b13-12+. The van der Waals surface area contributed by atoms with Crippen LogP contribution < -0.4 is 5.32 Å². The third-order valence-corrected chi connectivity index (χ3v) is 5.23. The number of nitrogens with one attached hydrogen (secondary N) is 1. The van der Waals surface area contributed by atoms with Crippen molar-refractivity contribution in [2.45, 2.75) is 13.8 Å². The molecule has 6 heteroatoms. The molecule has 1 amide bonds. The zero-order valence-corrected chi connectivity index (χ0v) is 15.8. The van der Waals surface area contributed by atoms with Crippen molar-refractivity contribution < 1.29 is 4.79 Å². The van der Waals surface area contributed by atoms with Gasteiger partial charge < -0.3 is 5.32 Å². The van der Waals surface area contributed by atoms with Crippen LogP contribution >= 0.6 is 11.3 Å². The molecule has 27 heavy (non-hydrogen) atoms. The fourth-order valence-electron chi connectivity index (χ4n) is 2.92. The molecule has 5 nitrogen and oxygen atoms in total. The van der Waals surface area contributed by atoms with Gasteiger partial charge in [-0.2, -0.15) is 5.10 Å². The van der Waals surface area contributed by atoms with E-state index >= 15 is 0 Å². The highest BCUT2D eigenvalue weighted by atomic mass is 32.1. The van der Waals surface area contributed by atoms with Gasteiger partial charge in [-0.1, -0.05) is 30.3 Å². The first kappa shape index (κ1) is 17.2. The number of nitrogens with zero attached hydrogens (tertiary/aromatic N) is 3. The summed E-state index contributed by atoms with van der Waals surface area (Å²) < 4.78 is 2.94. The number of thiazole rings is 1. The van der Waals surface area contributed by atoms with E-state index in [0.717, 1.165) is 38.0 Å². The number of carbonyl (C=O) groups is 1. The molecule has 0 fully saturated rings. The van der Waals surface area contributed by atoms with Crippen molar-refractivity contribution in [1.82, 2.24) is 14.8 Å². The lowest BCUT2D eigenvalue weighted by atomic mass is 10.3. The Hall–Kier alpha value is -3.25. The van der Waals surface area contributed by atoms with Gasteiger partial charge in [0.25, 0.3) is 0 Å². The first-order chi connectivity index (χ1) is 13.1. The van der Waals surface area contributed by atoms with Crippen LogP contribution in [-0.2, 0) is 4.79 Å². The number of benzene rings is 2. The molecule has 0 unspecified atom stereocenters. The highest BCUT2D eigenvalue weighted by Gasteiger charge is 2.14. The lowest BCUT2D eigenvalue weighted by Gasteiger charge is -2.05. The van der Waals surface area contributed by atoms with Gasteiger partial charge >= 0.3 is 0 Å². The van der Waals surface area contributed by atoms with Crippen LogP contribution in [0, 0.1) is 13.8 Å². The summed E-state index contributed by atoms with van der Waals surface area (Å²) in [5.41, 5.74) is 4.30. The predicted molar refractivity (Wildman–Crippen MR) is 110 cm³/mol. The van der Waals surface area contributed by atoms with E-state index in [9.17, 15) is 4.79 Å². The summed E-state index contributed by atoms with van der Waals surface area (Å²) in [6.07, 6.45) is 3.25. The maximum Gasteiger partial charge on any atom is 0.248 e. The fourth-order valence-corrected chi connectivity index (χ4v) is 3.79. The zero-order chi connectivity index (χ0) is 18.8. The van der Waals surface area contributed by atoms with Gasteiger partial charge in [0.2, 0.25) is 5.91 Å². The summed E-state index contributed by atoms with van der Waals surface area (Å²) >= 11 is 1.56. The molecule has 0 bridgehead atoms. The number of anilines is 1. The predicted octanol–water partition coefficient (Wildman–Crippen LogP) is 4.75. The van der Waals surface area contributed by atoms with Crippen LogP contribution in [0.15, 0.2) is 60.7 Å². The van der Waals surface area contributed by atoms with Crippen molar-refractivity contribution in [3.8, 4) is 5.69 Å². The van der Waals surface area contributed by atoms with E-state index in [1.807, 2.05) is 73.1 Å². The normalized spacial score (nSPS) is 11.3. The van der Waals surface area contributed by atoms with E-state index in [4.69, 9.17) is 0 Å². The monoisotopic (exact) mass is 374 g/mol. The number of hydrogen-bond donors (Lipinski definition) is 1. The molecule has 0 aliphatic carbocycles. The van der Waals surface area contributed by atoms with E-state index in [1.54, 1.807) is 17.4 Å². The molecule has 0 aliphatic rings. The quantitative estimate of drug-likeness (QED) is 0.524. The summed E-state index contributed by atoms with van der Waals surface area (Å²) in [6.45, 7) is 3.83. The van der Waals surface area contributed by atoms with E-state index in [2.05, 4.69) is 15.4 Å². The van der Waals surface area contributed by atoms with Crippen LogP contribution in [0.3, 0.4) is 0 Å². The molecule has 0 spiro atoms. The maximum absolute atomic E-state index is 12.4. The van der Waals surface area contributed by atoms with Crippen molar-refractivity contribution in [2.75, 3.05) is 5.32 Å². The van der Waals surface area contributed by atoms with Crippen LogP contribution in [-0.4, -0.2) is 20.7 Å². The van der Waals surface area contributed by atoms with Gasteiger partial charge in [0.1, 0.15) is 5.01 Å². The molecule has 2 heterocycles. The molecule has 0 saturated heterocycles. The van der Waals surface area contributed by atoms with Crippen LogP contribution in [0.25, 0.3) is 22.0 Å². The second-order valence-electron chi connectivity index (χ2n) is 6.14. The highest BCUT2D eigenvalue weighted by molar-refractivity contribution is 7.19. The molecular formula is C21H18N4OS. The van der Waals surface area contributed by atoms with Gasteiger partial charge in [-0.05, 0) is 44.2 Å². The van der Waals surface area contributed by atoms with E-state index in [-0.39, 0.29) is 5.91 Å². The second-order valence-corrected chi connectivity index (χ2v) is 7.20. The van der Waals surface area contributed by atoms with Gasteiger partial charge in [0, 0.05) is 6.08 Å². The van der Waals surface area contributed by atoms with Gasteiger partial charge in [0.05, 0.1) is 33.0 Å². The van der Waals surface area contributed by atoms with Gasteiger partial charge in [-0.25, -0.2) is 9.67 Å². The van der Waals surface area contributed by atoms with Gasteiger partial charge in [-0.3, -0.25) is 4.79 Å². The second kappa shape index (κ2) is 7.17. The third-order valence-electron chi connectivity index (χ3n) is 4.23. The Labute approximate surface area is 161 Å². The molecule has 0 atom stereocenters. The van der Waals surface area contributed by atoms with E-state index in [0.29, 0.717) is 0 Å².